The van der Waals surface area contributed by atoms with Gasteiger partial charge in [-0.2, -0.15) is 23.1 Å². The normalized spacial score (nSPS) is 34.4. The van der Waals surface area contributed by atoms with Crippen molar-refractivity contribution in [1.29, 1.82) is 5.26 Å². The van der Waals surface area contributed by atoms with Crippen molar-refractivity contribution in [1.82, 2.24) is 19.7 Å². The first-order valence-corrected chi connectivity index (χ1v) is 13.6. The Labute approximate surface area is 200 Å². The molecule has 4 bridgehead atoms. The molecule has 8 nitrogen and oxygen atoms in total. The highest BCUT2D eigenvalue weighted by Crippen LogP contribution is 2.57. The summed E-state index contributed by atoms with van der Waals surface area (Å²) in [7, 11) is -3.77. The van der Waals surface area contributed by atoms with Crippen LogP contribution in [-0.2, 0) is 21.5 Å². The zero-order valence-electron chi connectivity index (χ0n) is 19.2. The van der Waals surface area contributed by atoms with Gasteiger partial charge in [0.2, 0.25) is 5.91 Å². The summed E-state index contributed by atoms with van der Waals surface area (Å²) in [5.74, 6) is 0.433. The van der Waals surface area contributed by atoms with Crippen LogP contribution in [0.4, 0.5) is 4.39 Å². The van der Waals surface area contributed by atoms with Crippen LogP contribution in [0, 0.1) is 29.0 Å². The van der Waals surface area contributed by atoms with Gasteiger partial charge in [0, 0.05) is 24.2 Å². The number of halogens is 1. The van der Waals surface area contributed by atoms with Gasteiger partial charge in [-0.25, -0.2) is 4.39 Å². The zero-order chi connectivity index (χ0) is 24.0. The maximum atomic E-state index is 13.1. The number of carbonyl (C=O) groups is 1. The molecule has 1 heterocycles. The Morgan fingerprint density at radius 3 is 2.50 bits per heavy atom. The fourth-order valence-electron chi connectivity index (χ4n) is 7.25. The van der Waals surface area contributed by atoms with Crippen molar-refractivity contribution in [3.8, 4) is 6.07 Å². The van der Waals surface area contributed by atoms with Gasteiger partial charge in [-0.05, 0) is 80.9 Å². The Morgan fingerprint density at radius 1 is 1.15 bits per heavy atom. The number of benzene rings is 1. The summed E-state index contributed by atoms with van der Waals surface area (Å²) in [6.07, 6.45) is 6.85. The lowest BCUT2D eigenvalue weighted by molar-refractivity contribution is -0.131. The molecule has 1 amide bonds. The van der Waals surface area contributed by atoms with Gasteiger partial charge in [-0.3, -0.25) is 4.79 Å². The van der Waals surface area contributed by atoms with Crippen molar-refractivity contribution in [2.45, 2.75) is 75.0 Å². The van der Waals surface area contributed by atoms with E-state index in [2.05, 4.69) is 20.8 Å². The van der Waals surface area contributed by atoms with E-state index in [1.807, 2.05) is 0 Å². The van der Waals surface area contributed by atoms with Crippen LogP contribution in [0.5, 0.6) is 0 Å². The minimum atomic E-state index is -3.77. The molecule has 0 spiro atoms. The minimum absolute atomic E-state index is 0.0459. The van der Waals surface area contributed by atoms with Crippen molar-refractivity contribution in [2.24, 2.45) is 11.8 Å². The zero-order valence-corrected chi connectivity index (χ0v) is 20.0. The van der Waals surface area contributed by atoms with Crippen LogP contribution >= 0.6 is 0 Å². The van der Waals surface area contributed by atoms with Gasteiger partial charge in [-0.15, -0.1) is 0 Å². The molecular formula is C24H32FN5O3S. The van der Waals surface area contributed by atoms with Crippen LogP contribution < -0.4 is 14.8 Å². The summed E-state index contributed by atoms with van der Waals surface area (Å²) in [6.45, 7) is 0.899. The number of rotatable bonds is 8. The molecule has 4 aliphatic carbocycles. The molecule has 5 fully saturated rings. The second-order valence-corrected chi connectivity index (χ2v) is 12.3. The lowest BCUT2D eigenvalue weighted by Crippen LogP contribution is -2.70. The summed E-state index contributed by atoms with van der Waals surface area (Å²) in [4.78, 5) is 14.5. The molecule has 5 aliphatic rings. The molecule has 3 atom stereocenters. The van der Waals surface area contributed by atoms with Gasteiger partial charge in [0.15, 0.2) is 0 Å². The Hall–Kier alpha value is -2.06. The van der Waals surface area contributed by atoms with Crippen molar-refractivity contribution in [2.75, 3.05) is 13.1 Å². The summed E-state index contributed by atoms with van der Waals surface area (Å²) in [6, 6.07) is 7.64. The maximum absolute atomic E-state index is 13.1. The lowest BCUT2D eigenvalue weighted by atomic mass is 9.50. The van der Waals surface area contributed by atoms with Crippen LogP contribution in [0.1, 0.15) is 56.9 Å². The largest absolute Gasteiger partial charge is 0.326 e. The highest BCUT2D eigenvalue weighted by atomic mass is 32.2. The number of nitriles is 1. The van der Waals surface area contributed by atoms with E-state index < -0.39 is 15.7 Å². The van der Waals surface area contributed by atoms with Gasteiger partial charge in [-0.1, -0.05) is 12.1 Å². The Morgan fingerprint density at radius 2 is 1.82 bits per heavy atom. The van der Waals surface area contributed by atoms with Gasteiger partial charge in [0.05, 0.1) is 12.6 Å². The quantitative estimate of drug-likeness (QED) is 0.516. The van der Waals surface area contributed by atoms with Gasteiger partial charge >= 0.3 is 0 Å². The fraction of sp³-hybridized carbons (Fsp3) is 0.667. The Bertz CT molecular complexity index is 1070. The van der Waals surface area contributed by atoms with Crippen LogP contribution in [0.2, 0.25) is 0 Å². The van der Waals surface area contributed by atoms with E-state index >= 15 is 0 Å². The van der Waals surface area contributed by atoms with Gasteiger partial charge in [0.25, 0.3) is 10.2 Å². The fourth-order valence-corrected chi connectivity index (χ4v) is 8.49. The second-order valence-electron chi connectivity index (χ2n) is 10.8. The van der Waals surface area contributed by atoms with Gasteiger partial charge in [0.1, 0.15) is 11.9 Å². The molecular weight excluding hydrogens is 457 g/mol. The number of nitrogens with one attached hydrogen (secondary N) is 3. The summed E-state index contributed by atoms with van der Waals surface area (Å²) in [5, 5.41) is 12.8. The summed E-state index contributed by atoms with van der Waals surface area (Å²) < 4.78 is 44.6. The first-order chi connectivity index (χ1) is 16.2. The third kappa shape index (κ3) is 4.85. The standard InChI is InChI=1S/C24H32FN5O3S/c25-20-5-3-17(4-6-20)14-28-34(32,33)29-24-11-18-8-19(12-24)10-23(9-18,16-24)27-15-22(31)30-7-1-2-21(30)13-26/h3-6,18-19,21,27-29H,1-2,7-12,14-16H2/t18?,19?,21-,23?,24?/m0/s1. The van der Waals surface area contributed by atoms with Crippen LogP contribution in [-0.4, -0.2) is 49.4 Å². The third-order valence-electron chi connectivity index (χ3n) is 8.13. The number of nitrogens with zero attached hydrogens (tertiary/aromatic N) is 2. The predicted octanol–water partition coefficient (Wildman–Crippen LogP) is 1.95. The first-order valence-electron chi connectivity index (χ1n) is 12.2. The Balaban J connectivity index is 1.24. The molecule has 0 radical (unpaired) electrons. The number of hydrogen-bond donors (Lipinski definition) is 3. The van der Waals surface area contributed by atoms with Crippen LogP contribution in [0.25, 0.3) is 0 Å². The molecule has 4 saturated carbocycles. The topological polar surface area (TPSA) is 114 Å². The van der Waals surface area contributed by atoms with E-state index in [0.29, 0.717) is 30.4 Å². The van der Waals surface area contributed by atoms with Crippen molar-refractivity contribution in [3.63, 3.8) is 0 Å². The highest BCUT2D eigenvalue weighted by Gasteiger charge is 2.58. The summed E-state index contributed by atoms with van der Waals surface area (Å²) >= 11 is 0. The van der Waals surface area contributed by atoms with Crippen molar-refractivity contribution in [3.05, 3.63) is 35.6 Å². The van der Waals surface area contributed by atoms with Crippen molar-refractivity contribution < 1.29 is 17.6 Å². The lowest BCUT2D eigenvalue weighted by Gasteiger charge is -2.62. The number of amides is 1. The smallest absolute Gasteiger partial charge is 0.277 e. The minimum Gasteiger partial charge on any atom is -0.326 e. The van der Waals surface area contributed by atoms with E-state index in [1.54, 1.807) is 17.0 Å². The van der Waals surface area contributed by atoms with E-state index in [1.165, 1.54) is 12.1 Å². The molecule has 1 saturated heterocycles. The molecule has 2 unspecified atom stereocenters. The number of carbonyl (C=O) groups excluding carboxylic acids is 1. The second kappa shape index (κ2) is 8.86. The molecule has 34 heavy (non-hydrogen) atoms. The van der Waals surface area contributed by atoms with E-state index in [0.717, 1.165) is 44.9 Å². The molecule has 1 aromatic carbocycles. The summed E-state index contributed by atoms with van der Waals surface area (Å²) in [5.41, 5.74) is -0.106. The monoisotopic (exact) mass is 489 g/mol. The average Bonchev–Trinajstić information content (AvgIpc) is 3.25. The highest BCUT2D eigenvalue weighted by molar-refractivity contribution is 7.87. The Kier molecular flexibility index (Phi) is 6.17. The third-order valence-corrected chi connectivity index (χ3v) is 9.35. The molecule has 6 rings (SSSR count). The molecule has 3 N–H and O–H groups in total. The number of likely N-dealkylation sites (tertiary alicyclic amines) is 1. The average molecular weight is 490 g/mol. The van der Waals surface area contributed by atoms with E-state index in [4.69, 9.17) is 0 Å². The predicted molar refractivity (Wildman–Crippen MR) is 124 cm³/mol. The van der Waals surface area contributed by atoms with Crippen LogP contribution in [0.3, 0.4) is 0 Å². The van der Waals surface area contributed by atoms with E-state index in [-0.39, 0.29) is 36.4 Å². The molecule has 0 aromatic heterocycles. The van der Waals surface area contributed by atoms with Crippen LogP contribution in [0.15, 0.2) is 24.3 Å². The first kappa shape index (κ1) is 23.7. The molecule has 1 aliphatic heterocycles. The van der Waals surface area contributed by atoms with E-state index in [9.17, 15) is 22.9 Å². The maximum Gasteiger partial charge on any atom is 0.277 e. The molecule has 1 aromatic rings. The van der Waals surface area contributed by atoms with Gasteiger partial charge < -0.3 is 10.2 Å². The number of hydrogen-bond acceptors (Lipinski definition) is 5. The SMILES string of the molecule is N#C[C@@H]1CCCN1C(=O)CNC12CC3CC(C1)CC(NS(=O)(=O)NCc1ccc(F)cc1)(C3)C2. The van der Waals surface area contributed by atoms with Crippen molar-refractivity contribution >= 4 is 16.1 Å². The molecule has 184 valence electrons. The molecule has 10 heteroatoms.